The van der Waals surface area contributed by atoms with Gasteiger partial charge in [0.05, 0.1) is 26.0 Å². The van der Waals surface area contributed by atoms with Crippen LogP contribution in [0.25, 0.3) is 0 Å². The summed E-state index contributed by atoms with van der Waals surface area (Å²) in [5.74, 6) is 1.88. The third-order valence-electron chi connectivity index (χ3n) is 4.55. The van der Waals surface area contributed by atoms with Crippen molar-refractivity contribution in [2.45, 2.75) is 46.6 Å². The molecule has 1 aromatic heterocycles. The van der Waals surface area contributed by atoms with E-state index in [1.807, 2.05) is 39.8 Å². The summed E-state index contributed by atoms with van der Waals surface area (Å²) in [5.41, 5.74) is 4.53. The Morgan fingerprint density at radius 3 is 2.31 bits per heavy atom. The van der Waals surface area contributed by atoms with Crippen molar-refractivity contribution in [2.75, 3.05) is 19.5 Å². The summed E-state index contributed by atoms with van der Waals surface area (Å²) in [6.45, 7) is 8.09. The normalized spacial score (nSPS) is 11.6. The van der Waals surface area contributed by atoms with E-state index in [0.29, 0.717) is 22.9 Å². The molecule has 26 heavy (non-hydrogen) atoms. The molecule has 0 bridgehead atoms. The van der Waals surface area contributed by atoms with Crippen molar-refractivity contribution < 1.29 is 9.47 Å². The average Bonchev–Trinajstić information content (AvgIpc) is 2.66. The first kappa shape index (κ1) is 19.5. The fraction of sp³-hybridized carbons (Fsp3) is 0.450. The molecule has 6 nitrogen and oxygen atoms in total. The van der Waals surface area contributed by atoms with Gasteiger partial charge in [-0.3, -0.25) is 0 Å². The molecule has 6 heteroatoms. The lowest BCUT2D eigenvalue weighted by atomic mass is 10.00. The second-order valence-corrected chi connectivity index (χ2v) is 6.10. The average molecular weight is 354 g/mol. The van der Waals surface area contributed by atoms with E-state index in [4.69, 9.17) is 9.47 Å². The van der Waals surface area contributed by atoms with Crippen molar-refractivity contribution in [1.82, 2.24) is 10.2 Å². The van der Waals surface area contributed by atoms with Gasteiger partial charge in [0.1, 0.15) is 11.6 Å². The molecule has 0 aliphatic carbocycles. The number of aromatic nitrogens is 2. The smallest absolute Gasteiger partial charge is 0.167 e. The molecule has 0 saturated carbocycles. The third-order valence-corrected chi connectivity index (χ3v) is 4.55. The van der Waals surface area contributed by atoms with E-state index in [9.17, 15) is 5.26 Å². The first-order valence-electron chi connectivity index (χ1n) is 8.78. The predicted molar refractivity (Wildman–Crippen MR) is 102 cm³/mol. The van der Waals surface area contributed by atoms with Crippen molar-refractivity contribution in [3.63, 3.8) is 0 Å². The van der Waals surface area contributed by atoms with Gasteiger partial charge in [0.25, 0.3) is 0 Å². The van der Waals surface area contributed by atoms with Crippen molar-refractivity contribution in [3.05, 3.63) is 40.1 Å². The molecule has 0 aliphatic rings. The van der Waals surface area contributed by atoms with Gasteiger partial charge in [-0.15, -0.1) is 5.10 Å². The lowest BCUT2D eigenvalue weighted by molar-refractivity contribution is 0.354. The van der Waals surface area contributed by atoms with Crippen LogP contribution in [0.15, 0.2) is 12.1 Å². The number of methoxy groups -OCH3 is 2. The van der Waals surface area contributed by atoms with E-state index in [2.05, 4.69) is 21.6 Å². The fourth-order valence-corrected chi connectivity index (χ4v) is 3.14. The number of nitrogens with zero attached hydrogens (tertiary/aromatic N) is 3. The molecule has 138 valence electrons. The van der Waals surface area contributed by atoms with E-state index in [-0.39, 0.29) is 6.04 Å². The van der Waals surface area contributed by atoms with Gasteiger partial charge >= 0.3 is 0 Å². The lowest BCUT2D eigenvalue weighted by Gasteiger charge is -2.20. The molecular formula is C20H26N4O2. The van der Waals surface area contributed by atoms with E-state index in [1.54, 1.807) is 14.2 Å². The Hall–Kier alpha value is -2.81. The molecule has 0 amide bonds. The minimum atomic E-state index is -0.0756. The van der Waals surface area contributed by atoms with E-state index in [1.165, 1.54) is 0 Å². The summed E-state index contributed by atoms with van der Waals surface area (Å²) < 4.78 is 10.8. The highest BCUT2D eigenvalue weighted by atomic mass is 16.5. The number of nitrogens with one attached hydrogen (secondary N) is 1. The Labute approximate surface area is 155 Å². The SMILES string of the molecule is CCc1nnc(NC(C)c2cc(OC)c(OC)cc2C)c(C#N)c1CC. The predicted octanol–water partition coefficient (Wildman–Crippen LogP) is 3.97. The second-order valence-electron chi connectivity index (χ2n) is 6.10. The minimum Gasteiger partial charge on any atom is -0.493 e. The zero-order valence-corrected chi connectivity index (χ0v) is 16.3. The van der Waals surface area contributed by atoms with Gasteiger partial charge in [-0.2, -0.15) is 10.4 Å². The first-order valence-corrected chi connectivity index (χ1v) is 8.78. The molecule has 0 radical (unpaired) electrons. The molecule has 2 aromatic rings. The third kappa shape index (κ3) is 3.72. The van der Waals surface area contributed by atoms with Crippen LogP contribution in [-0.2, 0) is 12.8 Å². The molecule has 0 saturated heterocycles. The van der Waals surface area contributed by atoms with Crippen LogP contribution in [0, 0.1) is 18.3 Å². The van der Waals surface area contributed by atoms with Crippen LogP contribution in [0.5, 0.6) is 11.5 Å². The molecular weight excluding hydrogens is 328 g/mol. The van der Waals surface area contributed by atoms with E-state index in [0.717, 1.165) is 35.2 Å². The maximum atomic E-state index is 9.64. The Bertz CT molecular complexity index is 828. The highest BCUT2D eigenvalue weighted by molar-refractivity contribution is 5.58. The van der Waals surface area contributed by atoms with Crippen LogP contribution >= 0.6 is 0 Å². The fourth-order valence-electron chi connectivity index (χ4n) is 3.14. The van der Waals surface area contributed by atoms with Crippen LogP contribution in [0.1, 0.15) is 54.8 Å². The van der Waals surface area contributed by atoms with Gasteiger partial charge in [-0.1, -0.05) is 13.8 Å². The largest absolute Gasteiger partial charge is 0.493 e. The van der Waals surface area contributed by atoms with Crippen LogP contribution in [0.4, 0.5) is 5.82 Å². The number of hydrogen-bond acceptors (Lipinski definition) is 6. The highest BCUT2D eigenvalue weighted by Gasteiger charge is 2.19. The van der Waals surface area contributed by atoms with Crippen LogP contribution in [0.2, 0.25) is 0 Å². The number of ether oxygens (including phenoxy) is 2. The summed E-state index contributed by atoms with van der Waals surface area (Å²) in [5, 5.41) is 21.5. The summed E-state index contributed by atoms with van der Waals surface area (Å²) in [6, 6.07) is 6.11. The standard InChI is InChI=1S/C20H26N4O2/c1-7-14-16(11-21)20(24-23-17(14)8-2)22-13(4)15-10-19(26-6)18(25-5)9-12(15)3/h9-10,13H,7-8H2,1-6H3,(H,22,24). The highest BCUT2D eigenvalue weighted by Crippen LogP contribution is 2.34. The number of hydrogen-bond donors (Lipinski definition) is 1. The Morgan fingerprint density at radius 2 is 1.77 bits per heavy atom. The molecule has 1 heterocycles. The summed E-state index contributed by atoms with van der Waals surface area (Å²) in [4.78, 5) is 0. The molecule has 1 unspecified atom stereocenters. The number of anilines is 1. The topological polar surface area (TPSA) is 80.1 Å². The Morgan fingerprint density at radius 1 is 1.12 bits per heavy atom. The first-order chi connectivity index (χ1) is 12.5. The van der Waals surface area contributed by atoms with Crippen LogP contribution in [0.3, 0.4) is 0 Å². The monoisotopic (exact) mass is 354 g/mol. The molecule has 1 N–H and O–H groups in total. The summed E-state index contributed by atoms with van der Waals surface area (Å²) in [7, 11) is 3.24. The zero-order valence-electron chi connectivity index (χ0n) is 16.3. The van der Waals surface area contributed by atoms with E-state index < -0.39 is 0 Å². The van der Waals surface area contributed by atoms with E-state index >= 15 is 0 Å². The quantitative estimate of drug-likeness (QED) is 0.810. The number of aryl methyl sites for hydroxylation is 2. The maximum Gasteiger partial charge on any atom is 0.167 e. The van der Waals surface area contributed by atoms with Gasteiger partial charge in [0.15, 0.2) is 17.3 Å². The summed E-state index contributed by atoms with van der Waals surface area (Å²) >= 11 is 0. The number of benzene rings is 1. The van der Waals surface area contributed by atoms with Gasteiger partial charge < -0.3 is 14.8 Å². The van der Waals surface area contributed by atoms with Crippen molar-refractivity contribution in [2.24, 2.45) is 0 Å². The molecule has 0 aliphatic heterocycles. The minimum absolute atomic E-state index is 0.0756. The van der Waals surface area contributed by atoms with Crippen molar-refractivity contribution in [1.29, 1.82) is 5.26 Å². The van der Waals surface area contributed by atoms with Gasteiger partial charge in [0, 0.05) is 0 Å². The van der Waals surface area contributed by atoms with Gasteiger partial charge in [-0.25, -0.2) is 0 Å². The molecule has 0 spiro atoms. The molecule has 1 atom stereocenters. The van der Waals surface area contributed by atoms with Crippen molar-refractivity contribution in [3.8, 4) is 17.6 Å². The number of rotatable bonds is 7. The van der Waals surface area contributed by atoms with Crippen LogP contribution < -0.4 is 14.8 Å². The summed E-state index contributed by atoms with van der Waals surface area (Å²) in [6.07, 6.45) is 1.51. The lowest BCUT2D eigenvalue weighted by Crippen LogP contribution is -2.14. The van der Waals surface area contributed by atoms with Crippen LogP contribution in [-0.4, -0.2) is 24.4 Å². The zero-order chi connectivity index (χ0) is 19.3. The number of nitriles is 1. The molecule has 1 aromatic carbocycles. The maximum absolute atomic E-state index is 9.64. The van der Waals surface area contributed by atoms with Crippen molar-refractivity contribution >= 4 is 5.82 Å². The van der Waals surface area contributed by atoms with Gasteiger partial charge in [0.2, 0.25) is 0 Å². The van der Waals surface area contributed by atoms with Gasteiger partial charge in [-0.05, 0) is 55.5 Å². The Kier molecular flexibility index (Phi) is 6.40. The second kappa shape index (κ2) is 8.52. The molecule has 0 fully saturated rings. The molecule has 2 rings (SSSR count). The Balaban J connectivity index is 2.42.